The fraction of sp³-hybridized carbons (Fsp3) is 0.842. The number of hydrogen-bond acceptors (Lipinski definition) is 3. The van der Waals surface area contributed by atoms with Crippen molar-refractivity contribution in [2.24, 2.45) is 34.5 Å². The van der Waals surface area contributed by atoms with E-state index in [4.69, 9.17) is 0 Å². The molecule has 0 aliphatic heterocycles. The minimum Gasteiger partial charge on any atom is -0.393 e. The van der Waals surface area contributed by atoms with E-state index in [2.05, 4.69) is 19.9 Å². The molecule has 0 bridgehead atoms. The van der Waals surface area contributed by atoms with Gasteiger partial charge >= 0.3 is 0 Å². The maximum absolute atomic E-state index is 12.3. The van der Waals surface area contributed by atoms with Crippen LogP contribution in [0.15, 0.2) is 12.2 Å². The summed E-state index contributed by atoms with van der Waals surface area (Å²) in [5, 5.41) is 20.9. The number of carbonyl (C=O) groups excluding carboxylic acids is 1. The van der Waals surface area contributed by atoms with Crippen molar-refractivity contribution in [1.82, 2.24) is 0 Å². The topological polar surface area (TPSA) is 57.5 Å². The van der Waals surface area contributed by atoms with Crippen molar-refractivity contribution in [1.29, 1.82) is 0 Å². The van der Waals surface area contributed by atoms with Gasteiger partial charge in [-0.05, 0) is 73.7 Å². The molecule has 4 aliphatic carbocycles. The van der Waals surface area contributed by atoms with Crippen LogP contribution in [0.4, 0.5) is 0 Å². The standard InChI is InChI=1S/C19H28O3/c1-18-7-5-12(20)9-11(18)10-15(21)17-13-3-4-16(22)19(13,2)8-6-14(17)18/h3-4,11-15,17,20-21H,5-10H2,1-2H3/t11-,12+,13+,14+,15+,17+,18+,19+/m1/s1. The number of ketones is 1. The van der Waals surface area contributed by atoms with Crippen LogP contribution in [0, 0.1) is 34.5 Å². The molecule has 3 saturated carbocycles. The normalized spacial score (nSPS) is 57.2. The Morgan fingerprint density at radius 2 is 1.91 bits per heavy atom. The molecule has 0 unspecified atom stereocenters. The average Bonchev–Trinajstić information content (AvgIpc) is 2.77. The Hall–Kier alpha value is -0.670. The van der Waals surface area contributed by atoms with Crippen LogP contribution in [0.1, 0.15) is 52.4 Å². The largest absolute Gasteiger partial charge is 0.393 e. The number of fused-ring (bicyclic) bond motifs is 5. The molecule has 8 atom stereocenters. The van der Waals surface area contributed by atoms with E-state index in [-0.39, 0.29) is 40.7 Å². The van der Waals surface area contributed by atoms with Gasteiger partial charge in [0.1, 0.15) is 0 Å². The zero-order valence-electron chi connectivity index (χ0n) is 13.7. The Morgan fingerprint density at radius 3 is 2.68 bits per heavy atom. The van der Waals surface area contributed by atoms with Crippen LogP contribution in [0.3, 0.4) is 0 Å². The van der Waals surface area contributed by atoms with Gasteiger partial charge in [-0.2, -0.15) is 0 Å². The highest BCUT2D eigenvalue weighted by Gasteiger charge is 2.61. The first-order valence-electron chi connectivity index (χ1n) is 8.95. The summed E-state index contributed by atoms with van der Waals surface area (Å²) in [5.41, 5.74) is -0.0521. The SMILES string of the molecule is C[C@]12CC[C@H](O)C[C@@H]1C[C@H](O)[C@@H]1[C@@H]2CC[C@]2(C)C(=O)C=C[C@@H]12. The summed E-state index contributed by atoms with van der Waals surface area (Å²) in [6.07, 6.45) is 8.92. The van der Waals surface area contributed by atoms with Crippen molar-refractivity contribution >= 4 is 5.78 Å². The summed E-state index contributed by atoms with van der Waals surface area (Å²) in [6.45, 7) is 4.48. The highest BCUT2D eigenvalue weighted by Crippen LogP contribution is 2.64. The van der Waals surface area contributed by atoms with Crippen LogP contribution in [0.25, 0.3) is 0 Å². The Balaban J connectivity index is 1.70. The van der Waals surface area contributed by atoms with Crippen molar-refractivity contribution in [3.05, 3.63) is 12.2 Å². The molecule has 0 aromatic carbocycles. The predicted octanol–water partition coefficient (Wildman–Crippen LogP) is 2.71. The summed E-state index contributed by atoms with van der Waals surface area (Å²) in [7, 11) is 0. The number of rotatable bonds is 0. The Morgan fingerprint density at radius 1 is 1.14 bits per heavy atom. The average molecular weight is 304 g/mol. The molecule has 3 heteroatoms. The first kappa shape index (κ1) is 14.9. The lowest BCUT2D eigenvalue weighted by atomic mass is 9.44. The van der Waals surface area contributed by atoms with E-state index in [0.717, 1.165) is 38.5 Å². The molecule has 0 aromatic heterocycles. The summed E-state index contributed by atoms with van der Waals surface area (Å²) in [5.74, 6) is 1.60. The van der Waals surface area contributed by atoms with Crippen molar-refractivity contribution < 1.29 is 15.0 Å². The second-order valence-corrected chi connectivity index (χ2v) is 8.82. The van der Waals surface area contributed by atoms with Crippen LogP contribution in [-0.4, -0.2) is 28.2 Å². The van der Waals surface area contributed by atoms with E-state index < -0.39 is 0 Å². The molecule has 4 aliphatic rings. The fourth-order valence-electron chi connectivity index (χ4n) is 6.48. The molecule has 3 fully saturated rings. The molecule has 0 saturated heterocycles. The molecule has 0 heterocycles. The maximum Gasteiger partial charge on any atom is 0.161 e. The molecule has 2 N–H and O–H groups in total. The van der Waals surface area contributed by atoms with E-state index in [0.29, 0.717) is 11.8 Å². The van der Waals surface area contributed by atoms with Gasteiger partial charge in [0.15, 0.2) is 5.78 Å². The minimum atomic E-state index is -0.325. The Bertz CT molecular complexity index is 527. The van der Waals surface area contributed by atoms with Gasteiger partial charge < -0.3 is 10.2 Å². The van der Waals surface area contributed by atoms with Crippen molar-refractivity contribution in [2.75, 3.05) is 0 Å². The third-order valence-electron chi connectivity index (χ3n) is 7.93. The van der Waals surface area contributed by atoms with Crippen molar-refractivity contribution in [3.8, 4) is 0 Å². The molecular weight excluding hydrogens is 276 g/mol. The van der Waals surface area contributed by atoms with Crippen LogP contribution >= 0.6 is 0 Å². The molecule has 0 amide bonds. The number of aliphatic hydroxyl groups excluding tert-OH is 2. The maximum atomic E-state index is 12.3. The third-order valence-corrected chi connectivity index (χ3v) is 7.93. The monoisotopic (exact) mass is 304 g/mol. The summed E-state index contributed by atoms with van der Waals surface area (Å²) in [6, 6.07) is 0. The van der Waals surface area contributed by atoms with Gasteiger partial charge in [0.25, 0.3) is 0 Å². The highest BCUT2D eigenvalue weighted by molar-refractivity contribution is 5.97. The summed E-state index contributed by atoms with van der Waals surface area (Å²) in [4.78, 5) is 12.3. The molecule has 122 valence electrons. The number of carbonyl (C=O) groups is 1. The molecule has 0 aromatic rings. The Labute approximate surface area is 132 Å². The van der Waals surface area contributed by atoms with Crippen molar-refractivity contribution in [3.63, 3.8) is 0 Å². The number of aliphatic hydroxyl groups is 2. The first-order chi connectivity index (χ1) is 10.4. The van der Waals surface area contributed by atoms with E-state index >= 15 is 0 Å². The molecule has 0 radical (unpaired) electrons. The van der Waals surface area contributed by atoms with Crippen LogP contribution in [0.5, 0.6) is 0 Å². The highest BCUT2D eigenvalue weighted by atomic mass is 16.3. The van der Waals surface area contributed by atoms with Gasteiger partial charge in [-0.15, -0.1) is 0 Å². The van der Waals surface area contributed by atoms with Crippen LogP contribution < -0.4 is 0 Å². The first-order valence-corrected chi connectivity index (χ1v) is 8.95. The zero-order valence-corrected chi connectivity index (χ0v) is 13.7. The van der Waals surface area contributed by atoms with Crippen LogP contribution in [-0.2, 0) is 4.79 Å². The zero-order chi connectivity index (χ0) is 15.7. The minimum absolute atomic E-state index is 0.191. The lowest BCUT2D eigenvalue weighted by molar-refractivity contribution is -0.166. The predicted molar refractivity (Wildman–Crippen MR) is 84.0 cm³/mol. The van der Waals surface area contributed by atoms with Gasteiger partial charge in [0.05, 0.1) is 12.2 Å². The smallest absolute Gasteiger partial charge is 0.161 e. The molecule has 22 heavy (non-hydrogen) atoms. The van der Waals surface area contributed by atoms with Gasteiger partial charge in [-0.1, -0.05) is 19.9 Å². The van der Waals surface area contributed by atoms with E-state index in [1.165, 1.54) is 0 Å². The molecule has 4 rings (SSSR count). The fourth-order valence-corrected chi connectivity index (χ4v) is 6.48. The van der Waals surface area contributed by atoms with Gasteiger partial charge in [0, 0.05) is 5.41 Å². The lowest BCUT2D eigenvalue weighted by Gasteiger charge is -2.61. The van der Waals surface area contributed by atoms with Crippen molar-refractivity contribution in [2.45, 2.75) is 64.6 Å². The number of hydrogen-bond donors (Lipinski definition) is 2. The van der Waals surface area contributed by atoms with E-state index in [9.17, 15) is 15.0 Å². The van der Waals surface area contributed by atoms with Gasteiger partial charge in [-0.3, -0.25) is 4.79 Å². The number of allylic oxidation sites excluding steroid dienone is 2. The van der Waals surface area contributed by atoms with E-state index in [1.807, 2.05) is 0 Å². The quantitative estimate of drug-likeness (QED) is 0.723. The summed E-state index contributed by atoms with van der Waals surface area (Å²) >= 11 is 0. The van der Waals surface area contributed by atoms with Gasteiger partial charge in [-0.25, -0.2) is 0 Å². The van der Waals surface area contributed by atoms with Gasteiger partial charge in [0.2, 0.25) is 0 Å². The van der Waals surface area contributed by atoms with Crippen LogP contribution in [0.2, 0.25) is 0 Å². The lowest BCUT2D eigenvalue weighted by Crippen LogP contribution is -2.58. The second kappa shape index (κ2) is 4.67. The second-order valence-electron chi connectivity index (χ2n) is 8.82. The molecular formula is C19H28O3. The summed E-state index contributed by atoms with van der Waals surface area (Å²) < 4.78 is 0. The molecule has 3 nitrogen and oxygen atoms in total. The molecule has 0 spiro atoms. The van der Waals surface area contributed by atoms with E-state index in [1.54, 1.807) is 6.08 Å². The third kappa shape index (κ3) is 1.78. The Kier molecular flexibility index (Phi) is 3.16.